The Balaban J connectivity index is 0.000000313. The number of rotatable bonds is 21. The lowest BCUT2D eigenvalue weighted by Gasteiger charge is -2.42. The predicted molar refractivity (Wildman–Crippen MR) is 558 cm³/mol. The largest absolute Gasteiger partial charge is 0.444 e. The first-order chi connectivity index (χ1) is 70.2. The molecule has 0 radical (unpaired) electrons. The van der Waals surface area contributed by atoms with E-state index < -0.39 is 44.9 Å². The number of Topliss-reactive ketones (excluding diaryl/α,β-unsaturated/α-hetero) is 1. The summed E-state index contributed by atoms with van der Waals surface area (Å²) in [7, 11) is 7.87. The molecule has 0 saturated carbocycles. The van der Waals surface area contributed by atoms with Crippen LogP contribution in [0.25, 0.3) is 0 Å². The number of piperidine rings is 4. The van der Waals surface area contributed by atoms with Gasteiger partial charge < -0.3 is 38.5 Å². The van der Waals surface area contributed by atoms with Crippen molar-refractivity contribution in [2.75, 3.05) is 100 Å². The number of carbonyl (C=O) groups excluding carboxylic acids is 13. The number of hydrogen-bond acceptors (Lipinski definition) is 27. The van der Waals surface area contributed by atoms with Gasteiger partial charge in [-0.05, 0) is 276 Å². The van der Waals surface area contributed by atoms with Gasteiger partial charge in [-0.1, -0.05) is 96.3 Å². The first kappa shape index (κ1) is 128. The zero-order chi connectivity index (χ0) is 112. The van der Waals surface area contributed by atoms with Gasteiger partial charge in [0, 0.05) is 131 Å². The van der Waals surface area contributed by atoms with Crippen molar-refractivity contribution in [3.05, 3.63) is 250 Å². The molecule has 4 fully saturated rings. The average Bonchev–Trinajstić information content (AvgIpc) is 0.785. The smallest absolute Gasteiger partial charge is 0.410 e. The summed E-state index contributed by atoms with van der Waals surface area (Å²) < 4.78 is 97.8. The van der Waals surface area contributed by atoms with Crippen molar-refractivity contribution in [2.24, 2.45) is 11.7 Å². The summed E-state index contributed by atoms with van der Waals surface area (Å²) in [5, 5.41) is 7.74. The number of benzene rings is 6. The Hall–Kier alpha value is -12.9. The molecule has 0 unspecified atom stereocenters. The molecule has 45 heteroatoms. The van der Waals surface area contributed by atoms with Crippen LogP contribution in [0.4, 0.5) is 45.5 Å². The minimum atomic E-state index is -0.606. The highest BCUT2D eigenvalue weighted by Gasteiger charge is 2.38. The summed E-state index contributed by atoms with van der Waals surface area (Å²) in [5.74, 6) is 7.38. The van der Waals surface area contributed by atoms with Crippen LogP contribution in [0.1, 0.15) is 189 Å². The summed E-state index contributed by atoms with van der Waals surface area (Å²) in [4.78, 5) is 176. The Morgan fingerprint density at radius 2 is 0.613 bits per heavy atom. The fraction of sp³-hybridized carbons (Fsp3) is 0.457. The van der Waals surface area contributed by atoms with Crippen molar-refractivity contribution in [3.63, 3.8) is 0 Å². The standard InChI is InChI=1S/C25H32FN5O4S.2C19H28FN3O3.C10H17NO3.2C9H11FN2O.C8H6ClFO.C6H5ClN2OS/c1-25(2,3)35-24(34)30-14-11-19(12-15-30)31(22(33)20-10-13-27-23(28-20)36-5)29(4)21(32)16-17-6-8-18(26)9-7-17;2*1-19(2,3)26-18(25)23-11-9-16(10-12-23)21-22(4)17(24)13-14-5-7-15(20)8-6-14;1-10(2,3)14-9(13)11-6-4-8(12)5-7-11;2*1-12(11)9(13)6-7-2-4-8(10)5-3-7;9-8(11)5-6-1-3-7(10)4-2-6;1-11-6-8-3-2-4(9-6)5(7)10/h6-10,13,19H,11-12,14-16H2,1-5H3;2*5-8,16,21H,9-13H2,1-4H3;4-7H2,1-3H3;2*2-5H,6,11H2,1H3;1-4H,5H2;2-3H,1H3. The Morgan fingerprint density at radius 3 is 0.873 bits per heavy atom. The zero-order valence-electron chi connectivity index (χ0n) is 88.2. The van der Waals surface area contributed by atoms with Gasteiger partial charge in [-0.3, -0.25) is 68.2 Å². The summed E-state index contributed by atoms with van der Waals surface area (Å²) in [6.07, 6.45) is 11.1. The van der Waals surface area contributed by atoms with Gasteiger partial charge in [-0.2, -0.15) is 0 Å². The number of hydrazine groups is 5. The van der Waals surface area contributed by atoms with Crippen LogP contribution < -0.4 is 22.5 Å². The molecule has 0 bridgehead atoms. The number of halogens is 8. The van der Waals surface area contributed by atoms with Crippen molar-refractivity contribution in [3.8, 4) is 0 Å². The van der Waals surface area contributed by atoms with E-state index in [0.29, 0.717) is 93.9 Å². The summed E-state index contributed by atoms with van der Waals surface area (Å²) in [6, 6.07) is 37.6. The lowest BCUT2D eigenvalue weighted by atomic mass is 10.0. The third-order valence-electron chi connectivity index (χ3n) is 21.6. The van der Waals surface area contributed by atoms with Crippen molar-refractivity contribution in [1.82, 2.24) is 80.4 Å². The van der Waals surface area contributed by atoms with Crippen molar-refractivity contribution in [2.45, 2.75) is 224 Å². The Labute approximate surface area is 891 Å². The number of ether oxygens (including phenoxy) is 4. The normalized spacial score (nSPS) is 13.7. The molecule has 6 aromatic carbocycles. The molecule has 8 aromatic rings. The van der Waals surface area contributed by atoms with Crippen LogP contribution >= 0.6 is 46.7 Å². The third-order valence-corrected chi connectivity index (χ3v) is 23.0. The van der Waals surface area contributed by atoms with Gasteiger partial charge >= 0.3 is 24.4 Å². The van der Waals surface area contributed by atoms with E-state index in [2.05, 4.69) is 30.8 Å². The van der Waals surface area contributed by atoms with Gasteiger partial charge in [-0.15, -0.1) is 0 Å². The summed E-state index contributed by atoms with van der Waals surface area (Å²) in [6.45, 7) is 26.1. The van der Waals surface area contributed by atoms with Gasteiger partial charge in [-0.25, -0.2) is 93.0 Å². The highest BCUT2D eigenvalue weighted by Crippen LogP contribution is 2.27. The van der Waals surface area contributed by atoms with E-state index in [1.54, 1.807) is 101 Å². The molecule has 6 heterocycles. The van der Waals surface area contributed by atoms with Gasteiger partial charge in [0.25, 0.3) is 11.1 Å². The monoisotopic (exact) mass is 2170 g/mol. The van der Waals surface area contributed by atoms with E-state index in [0.717, 1.165) is 63.5 Å². The maximum Gasteiger partial charge on any atom is 0.410 e. The Bertz CT molecular complexity index is 5500. The second-order valence-electron chi connectivity index (χ2n) is 38.7. The van der Waals surface area contributed by atoms with Gasteiger partial charge in [0.1, 0.15) is 74.5 Å². The number of carbonyl (C=O) groups is 13. The topological polar surface area (TPSA) is 419 Å². The minimum Gasteiger partial charge on any atom is -0.444 e. The van der Waals surface area contributed by atoms with Crippen molar-refractivity contribution < 1.29 is 108 Å². The highest BCUT2D eigenvalue weighted by atomic mass is 35.5. The maximum atomic E-state index is 13.6. The van der Waals surface area contributed by atoms with Crippen LogP contribution in [0.3, 0.4) is 0 Å². The van der Waals surface area contributed by atoms with Crippen LogP contribution in [0.5, 0.6) is 0 Å². The van der Waals surface area contributed by atoms with E-state index in [4.69, 9.17) is 53.8 Å². The molecule has 4 saturated heterocycles. The average molecular weight is 2170 g/mol. The van der Waals surface area contributed by atoms with Gasteiger partial charge in [0.15, 0.2) is 10.3 Å². The first-order valence-electron chi connectivity index (χ1n) is 48.0. The Kier molecular flexibility index (Phi) is 53.3. The number of hydrogen-bond donors (Lipinski definition) is 4. The molecule has 0 spiro atoms. The van der Waals surface area contributed by atoms with E-state index in [-0.39, 0.29) is 157 Å². The fourth-order valence-electron chi connectivity index (χ4n) is 13.8. The number of aromatic nitrogens is 4. The maximum absolute atomic E-state index is 13.6. The molecular weight excluding hydrogens is 2030 g/mol. The minimum absolute atomic E-state index is 0.00283. The summed E-state index contributed by atoms with van der Waals surface area (Å²) in [5.41, 5.74) is 9.13. The first-order valence-corrected chi connectivity index (χ1v) is 51.2. The molecular formula is C105H138Cl2F6N18O17S2. The van der Waals surface area contributed by atoms with Crippen LogP contribution in [-0.2, 0) is 91.0 Å². The fourth-order valence-corrected chi connectivity index (χ4v) is 14.7. The highest BCUT2D eigenvalue weighted by molar-refractivity contribution is 7.98. The quantitative estimate of drug-likeness (QED) is 0.00758. The predicted octanol–water partition coefficient (Wildman–Crippen LogP) is 16.0. The zero-order valence-corrected chi connectivity index (χ0v) is 91.3. The van der Waals surface area contributed by atoms with Crippen LogP contribution in [0.15, 0.2) is 180 Å². The lowest BCUT2D eigenvalue weighted by molar-refractivity contribution is -0.145. The van der Waals surface area contributed by atoms with E-state index in [1.807, 2.05) is 95.6 Å². The van der Waals surface area contributed by atoms with E-state index >= 15 is 0 Å². The molecule has 10 amide bonds. The molecule has 12 rings (SSSR count). The van der Waals surface area contributed by atoms with Gasteiger partial charge in [0.05, 0.1) is 38.1 Å². The van der Waals surface area contributed by atoms with Gasteiger partial charge in [0.2, 0.25) is 34.8 Å². The van der Waals surface area contributed by atoms with E-state index in [1.165, 1.54) is 167 Å². The number of likely N-dealkylation sites (N-methyl/N-ethyl adjacent to an activating group) is 5. The van der Waals surface area contributed by atoms with Crippen LogP contribution in [0, 0.1) is 34.9 Å². The number of nitrogens with one attached hydrogen (secondary N) is 2. The molecule has 35 nitrogen and oxygen atoms in total. The number of ketones is 1. The van der Waals surface area contributed by atoms with Crippen LogP contribution in [-0.4, -0.2) is 286 Å². The van der Waals surface area contributed by atoms with Crippen molar-refractivity contribution in [1.29, 1.82) is 0 Å². The second kappa shape index (κ2) is 62.7. The summed E-state index contributed by atoms with van der Waals surface area (Å²) >= 11 is 13.0. The second-order valence-corrected chi connectivity index (χ2v) is 41.0. The number of amides is 10. The number of nitrogens with zero attached hydrogens (tertiary/aromatic N) is 14. The third kappa shape index (κ3) is 50.6. The van der Waals surface area contributed by atoms with Crippen molar-refractivity contribution >= 4 is 123 Å². The molecule has 0 aliphatic carbocycles. The van der Waals surface area contributed by atoms with E-state index in [9.17, 15) is 88.7 Å². The molecule has 2 aromatic heterocycles. The Morgan fingerprint density at radius 1 is 0.367 bits per heavy atom. The molecule has 818 valence electrons. The molecule has 6 N–H and O–H groups in total. The molecule has 150 heavy (non-hydrogen) atoms. The number of nitrogens with two attached hydrogens (primary N) is 2. The molecule has 4 aliphatic heterocycles. The molecule has 0 atom stereocenters. The number of thioether (sulfide) groups is 2. The lowest BCUT2D eigenvalue weighted by Crippen LogP contribution is -2.57. The van der Waals surface area contributed by atoms with Crippen LogP contribution in [0.2, 0.25) is 0 Å². The SMILES string of the molecule is CC(C)(C)OC(=O)N1CCC(=O)CC1.CN(N)C(=O)Cc1ccc(F)cc1.CN(N)C(=O)Cc1ccc(F)cc1.CN(NC1CCN(C(=O)OC(C)(C)C)CC1)C(=O)Cc1ccc(F)cc1.CN(NC1CCN(C(=O)OC(C)(C)C)CC1)C(=O)Cc1ccc(F)cc1.CSc1nccc(C(=O)Cl)n1.CSc1nccc(C(=O)N(C2CCN(C(=O)OC(C)(C)C)CC2)N(C)C(=O)Cc2ccc(F)cc2)n1.O=C(Cl)Cc1ccc(F)cc1. The number of likely N-dealkylation sites (tertiary alicyclic amines) is 4. The molecule has 4 aliphatic rings.